The molecule has 0 atom stereocenters. The lowest BCUT2D eigenvalue weighted by molar-refractivity contribution is 0.0996. The molecule has 0 radical (unpaired) electrons. The first kappa shape index (κ1) is 22.0. The molecule has 2 amide bonds. The van der Waals surface area contributed by atoms with Crippen molar-refractivity contribution in [3.8, 4) is 0 Å². The number of hydrogen-bond acceptors (Lipinski definition) is 4. The van der Waals surface area contributed by atoms with Gasteiger partial charge in [0.2, 0.25) is 15.9 Å². The number of amides is 2. The number of carbonyl (C=O) groups excluding carboxylic acids is 2. The Bertz CT molecular complexity index is 1230. The van der Waals surface area contributed by atoms with Gasteiger partial charge in [-0.25, -0.2) is 12.8 Å². The summed E-state index contributed by atoms with van der Waals surface area (Å²) < 4.78 is 39.6. The van der Waals surface area contributed by atoms with E-state index in [4.69, 9.17) is 5.73 Å². The molecule has 0 aromatic heterocycles. The molecule has 0 aliphatic carbocycles. The highest BCUT2D eigenvalue weighted by atomic mass is 32.2. The van der Waals surface area contributed by atoms with Crippen molar-refractivity contribution in [2.75, 3.05) is 15.9 Å². The van der Waals surface area contributed by atoms with Crippen molar-refractivity contribution in [1.29, 1.82) is 0 Å². The van der Waals surface area contributed by atoms with Crippen LogP contribution in [-0.4, -0.2) is 26.5 Å². The number of benzene rings is 3. The third kappa shape index (κ3) is 5.46. The molecule has 0 saturated heterocycles. The Morgan fingerprint density at radius 2 is 1.65 bits per heavy atom. The third-order valence-electron chi connectivity index (χ3n) is 4.49. The number of nitrogens with zero attached hydrogens (tertiary/aromatic N) is 1. The largest absolute Gasteiger partial charge is 0.366 e. The van der Waals surface area contributed by atoms with E-state index in [1.54, 1.807) is 18.2 Å². The van der Waals surface area contributed by atoms with Gasteiger partial charge in [-0.3, -0.25) is 13.9 Å². The van der Waals surface area contributed by atoms with E-state index in [1.807, 2.05) is 0 Å². The van der Waals surface area contributed by atoms with Gasteiger partial charge in [0.15, 0.2) is 0 Å². The van der Waals surface area contributed by atoms with Crippen molar-refractivity contribution >= 4 is 33.2 Å². The van der Waals surface area contributed by atoms with Gasteiger partial charge in [0.25, 0.3) is 5.91 Å². The Morgan fingerprint density at radius 1 is 0.968 bits per heavy atom. The average molecular weight is 441 g/mol. The van der Waals surface area contributed by atoms with Crippen molar-refractivity contribution in [2.24, 2.45) is 5.73 Å². The molecule has 3 aromatic carbocycles. The standard InChI is InChI=1S/C22H20FN3O4S/c1-31(29,30)26(14-17-5-2-3-8-20(17)23)19-11-9-15(10-12-19)22(28)25-18-7-4-6-16(13-18)21(24)27/h2-13H,14H2,1H3,(H2,24,27)(H,25,28). The van der Waals surface area contributed by atoms with Gasteiger partial charge in [0.05, 0.1) is 18.5 Å². The molecule has 0 heterocycles. The quantitative estimate of drug-likeness (QED) is 0.587. The molecule has 3 aromatic rings. The molecule has 0 bridgehead atoms. The van der Waals surface area contributed by atoms with E-state index in [2.05, 4.69) is 5.32 Å². The zero-order valence-electron chi connectivity index (χ0n) is 16.6. The second-order valence-electron chi connectivity index (χ2n) is 6.81. The fourth-order valence-corrected chi connectivity index (χ4v) is 3.79. The highest BCUT2D eigenvalue weighted by Gasteiger charge is 2.20. The normalized spacial score (nSPS) is 11.0. The van der Waals surface area contributed by atoms with Crippen molar-refractivity contribution in [2.45, 2.75) is 6.54 Å². The number of sulfonamides is 1. The van der Waals surface area contributed by atoms with Gasteiger partial charge in [-0.2, -0.15) is 0 Å². The van der Waals surface area contributed by atoms with E-state index in [-0.39, 0.29) is 28.9 Å². The molecule has 9 heteroatoms. The highest BCUT2D eigenvalue weighted by Crippen LogP contribution is 2.23. The molecule has 3 N–H and O–H groups in total. The molecule has 0 aliphatic rings. The summed E-state index contributed by atoms with van der Waals surface area (Å²) in [5.74, 6) is -1.57. The number of anilines is 2. The summed E-state index contributed by atoms with van der Waals surface area (Å²) in [7, 11) is -3.71. The van der Waals surface area contributed by atoms with Crippen LogP contribution >= 0.6 is 0 Å². The number of rotatable bonds is 7. The van der Waals surface area contributed by atoms with Crippen LogP contribution in [0.4, 0.5) is 15.8 Å². The van der Waals surface area contributed by atoms with Gasteiger partial charge in [-0.1, -0.05) is 24.3 Å². The molecular formula is C22H20FN3O4S. The predicted molar refractivity (Wildman–Crippen MR) is 117 cm³/mol. The SMILES string of the molecule is CS(=O)(=O)N(Cc1ccccc1F)c1ccc(C(=O)Nc2cccc(C(N)=O)c2)cc1. The fourth-order valence-electron chi connectivity index (χ4n) is 2.91. The lowest BCUT2D eigenvalue weighted by atomic mass is 10.1. The average Bonchev–Trinajstić information content (AvgIpc) is 2.72. The Labute approximate surface area is 179 Å². The molecule has 0 aliphatic heterocycles. The first-order valence-corrected chi connectivity index (χ1v) is 11.0. The van der Waals surface area contributed by atoms with Crippen LogP contribution in [0.25, 0.3) is 0 Å². The van der Waals surface area contributed by atoms with Crippen LogP contribution in [0.1, 0.15) is 26.3 Å². The first-order valence-electron chi connectivity index (χ1n) is 9.17. The number of nitrogens with two attached hydrogens (primary N) is 1. The number of halogens is 1. The summed E-state index contributed by atoms with van der Waals surface area (Å²) in [6, 6.07) is 18.0. The zero-order valence-corrected chi connectivity index (χ0v) is 17.4. The van der Waals surface area contributed by atoms with Crippen LogP contribution in [-0.2, 0) is 16.6 Å². The zero-order chi connectivity index (χ0) is 22.6. The topological polar surface area (TPSA) is 110 Å². The first-order chi connectivity index (χ1) is 14.6. The second-order valence-corrected chi connectivity index (χ2v) is 8.71. The van der Waals surface area contributed by atoms with E-state index in [1.165, 1.54) is 54.6 Å². The Kier molecular flexibility index (Phi) is 6.36. The minimum atomic E-state index is -3.71. The van der Waals surface area contributed by atoms with Gasteiger partial charge in [-0.05, 0) is 48.5 Å². The Morgan fingerprint density at radius 3 is 2.26 bits per heavy atom. The van der Waals surface area contributed by atoms with Gasteiger partial charge in [-0.15, -0.1) is 0 Å². The summed E-state index contributed by atoms with van der Waals surface area (Å²) in [5, 5.41) is 2.65. The summed E-state index contributed by atoms with van der Waals surface area (Å²) in [6.45, 7) is -0.184. The van der Waals surface area contributed by atoms with Crippen molar-refractivity contribution in [1.82, 2.24) is 0 Å². The Balaban J connectivity index is 1.81. The monoisotopic (exact) mass is 441 g/mol. The molecule has 0 spiro atoms. The third-order valence-corrected chi connectivity index (χ3v) is 5.64. The molecule has 160 valence electrons. The molecule has 0 saturated carbocycles. The molecule has 0 fully saturated rings. The van der Waals surface area contributed by atoms with Crippen molar-refractivity contribution in [3.63, 3.8) is 0 Å². The van der Waals surface area contributed by atoms with E-state index in [0.717, 1.165) is 10.6 Å². The molecular weight excluding hydrogens is 421 g/mol. The maximum absolute atomic E-state index is 14.0. The van der Waals surface area contributed by atoms with E-state index < -0.39 is 27.7 Å². The molecule has 0 unspecified atom stereocenters. The van der Waals surface area contributed by atoms with Gasteiger partial charge < -0.3 is 11.1 Å². The van der Waals surface area contributed by atoms with Crippen LogP contribution in [0.3, 0.4) is 0 Å². The van der Waals surface area contributed by atoms with Gasteiger partial charge in [0.1, 0.15) is 5.82 Å². The Hall–Kier alpha value is -3.72. The van der Waals surface area contributed by atoms with Crippen LogP contribution < -0.4 is 15.4 Å². The van der Waals surface area contributed by atoms with Crippen molar-refractivity contribution in [3.05, 3.63) is 95.3 Å². The van der Waals surface area contributed by atoms with Crippen LogP contribution in [0, 0.1) is 5.82 Å². The summed E-state index contributed by atoms with van der Waals surface area (Å²) in [4.78, 5) is 23.8. The molecule has 31 heavy (non-hydrogen) atoms. The smallest absolute Gasteiger partial charge is 0.255 e. The minimum absolute atomic E-state index is 0.184. The number of primary amides is 1. The van der Waals surface area contributed by atoms with Gasteiger partial charge >= 0.3 is 0 Å². The van der Waals surface area contributed by atoms with E-state index in [0.29, 0.717) is 5.69 Å². The fraction of sp³-hybridized carbons (Fsp3) is 0.0909. The van der Waals surface area contributed by atoms with E-state index >= 15 is 0 Å². The summed E-state index contributed by atoms with van der Waals surface area (Å²) in [6.07, 6.45) is 1.03. The molecule has 7 nitrogen and oxygen atoms in total. The van der Waals surface area contributed by atoms with Crippen LogP contribution in [0.15, 0.2) is 72.8 Å². The lowest BCUT2D eigenvalue weighted by Gasteiger charge is -2.23. The number of nitrogens with one attached hydrogen (secondary N) is 1. The van der Waals surface area contributed by atoms with Gasteiger partial charge in [0, 0.05) is 22.4 Å². The maximum atomic E-state index is 14.0. The second kappa shape index (κ2) is 8.97. The van der Waals surface area contributed by atoms with Crippen LogP contribution in [0.5, 0.6) is 0 Å². The summed E-state index contributed by atoms with van der Waals surface area (Å²) in [5.41, 5.74) is 6.67. The number of carbonyl (C=O) groups is 2. The van der Waals surface area contributed by atoms with Crippen molar-refractivity contribution < 1.29 is 22.4 Å². The lowest BCUT2D eigenvalue weighted by Crippen LogP contribution is -2.29. The van der Waals surface area contributed by atoms with Crippen LogP contribution in [0.2, 0.25) is 0 Å². The maximum Gasteiger partial charge on any atom is 0.255 e. The highest BCUT2D eigenvalue weighted by molar-refractivity contribution is 7.92. The summed E-state index contributed by atoms with van der Waals surface area (Å²) >= 11 is 0. The molecule has 3 rings (SSSR count). The predicted octanol–water partition coefficient (Wildman–Crippen LogP) is 3.14. The number of hydrogen-bond donors (Lipinski definition) is 2. The van der Waals surface area contributed by atoms with E-state index in [9.17, 15) is 22.4 Å². The minimum Gasteiger partial charge on any atom is -0.366 e.